The van der Waals surface area contributed by atoms with E-state index in [0.717, 1.165) is 24.8 Å². The molecule has 0 aliphatic carbocycles. The Morgan fingerprint density at radius 3 is 2.47 bits per heavy atom. The van der Waals surface area contributed by atoms with Gasteiger partial charge < -0.3 is 0 Å². The quantitative estimate of drug-likeness (QED) is 0.557. The van der Waals surface area contributed by atoms with Crippen LogP contribution < -0.4 is 5.14 Å². The van der Waals surface area contributed by atoms with Gasteiger partial charge in [-0.1, -0.05) is 37.5 Å². The van der Waals surface area contributed by atoms with E-state index in [4.69, 9.17) is 5.14 Å². The molecule has 1 aromatic rings. The van der Waals surface area contributed by atoms with E-state index < -0.39 is 10.0 Å². The number of allylic oxidation sites excluding steroid dienone is 1. The Morgan fingerprint density at radius 2 is 1.79 bits per heavy atom. The first kappa shape index (κ1) is 15.9. The summed E-state index contributed by atoms with van der Waals surface area (Å²) < 4.78 is 22.5. The highest BCUT2D eigenvalue weighted by atomic mass is 32.2. The van der Waals surface area contributed by atoms with Crippen molar-refractivity contribution in [2.75, 3.05) is 0 Å². The molecule has 4 heteroatoms. The minimum atomic E-state index is -3.58. The second-order valence-electron chi connectivity index (χ2n) is 4.79. The molecule has 106 valence electrons. The van der Waals surface area contributed by atoms with Crippen LogP contribution in [0.1, 0.15) is 44.1 Å². The van der Waals surface area contributed by atoms with Crippen LogP contribution in [0.2, 0.25) is 0 Å². The summed E-state index contributed by atoms with van der Waals surface area (Å²) in [5.41, 5.74) is 1.04. The van der Waals surface area contributed by atoms with Gasteiger partial charge in [0.2, 0.25) is 10.0 Å². The molecule has 0 bridgehead atoms. The topological polar surface area (TPSA) is 60.2 Å². The number of aryl methyl sites for hydroxylation is 1. The molecule has 0 atom stereocenters. The summed E-state index contributed by atoms with van der Waals surface area (Å²) in [6.07, 6.45) is 9.90. The molecule has 0 radical (unpaired) electrons. The highest BCUT2D eigenvalue weighted by Crippen LogP contribution is 2.13. The highest BCUT2D eigenvalue weighted by Gasteiger charge is 2.07. The third-order valence-corrected chi connectivity index (χ3v) is 4.01. The second-order valence-corrected chi connectivity index (χ2v) is 6.35. The Morgan fingerprint density at radius 1 is 1.11 bits per heavy atom. The van der Waals surface area contributed by atoms with Crippen LogP contribution in [-0.2, 0) is 16.4 Å². The molecule has 0 aromatic heterocycles. The van der Waals surface area contributed by atoms with Crippen molar-refractivity contribution >= 4 is 10.0 Å². The zero-order valence-corrected chi connectivity index (χ0v) is 12.2. The molecule has 0 aliphatic heterocycles. The van der Waals surface area contributed by atoms with Crippen molar-refractivity contribution in [3.8, 4) is 0 Å². The second kappa shape index (κ2) is 8.12. The van der Waals surface area contributed by atoms with Gasteiger partial charge in [0, 0.05) is 0 Å². The zero-order valence-electron chi connectivity index (χ0n) is 11.3. The summed E-state index contributed by atoms with van der Waals surface area (Å²) in [4.78, 5) is 0.205. The molecule has 0 aliphatic rings. The highest BCUT2D eigenvalue weighted by molar-refractivity contribution is 7.89. The van der Waals surface area contributed by atoms with Gasteiger partial charge in [-0.15, -0.1) is 6.58 Å². The van der Waals surface area contributed by atoms with E-state index in [2.05, 4.69) is 6.58 Å². The van der Waals surface area contributed by atoms with E-state index in [1.807, 2.05) is 12.1 Å². The van der Waals surface area contributed by atoms with Crippen molar-refractivity contribution in [3.05, 3.63) is 42.5 Å². The average molecular weight is 281 g/mol. The fourth-order valence-corrected chi connectivity index (χ4v) is 2.61. The van der Waals surface area contributed by atoms with E-state index in [9.17, 15) is 8.42 Å². The van der Waals surface area contributed by atoms with E-state index in [1.165, 1.54) is 31.7 Å². The van der Waals surface area contributed by atoms with Crippen molar-refractivity contribution < 1.29 is 8.42 Å². The average Bonchev–Trinajstić information content (AvgIpc) is 2.37. The lowest BCUT2D eigenvalue weighted by Gasteiger charge is -2.04. The smallest absolute Gasteiger partial charge is 0.225 e. The molecular formula is C15H23NO2S. The molecule has 0 unspecified atom stereocenters. The SMILES string of the molecule is C=CCCCCCCCc1cccc(S(N)(=O)=O)c1. The van der Waals surface area contributed by atoms with Gasteiger partial charge in [0.1, 0.15) is 0 Å². The van der Waals surface area contributed by atoms with Crippen molar-refractivity contribution in [2.45, 2.75) is 49.8 Å². The van der Waals surface area contributed by atoms with Crippen LogP contribution in [0, 0.1) is 0 Å². The molecule has 0 saturated heterocycles. The molecule has 19 heavy (non-hydrogen) atoms. The number of hydrogen-bond donors (Lipinski definition) is 1. The molecule has 0 fully saturated rings. The predicted octanol–water partition coefficient (Wildman–Crippen LogP) is 3.40. The van der Waals surface area contributed by atoms with Gasteiger partial charge >= 0.3 is 0 Å². The summed E-state index contributed by atoms with van der Waals surface area (Å²) in [5, 5.41) is 5.11. The van der Waals surface area contributed by atoms with Gasteiger partial charge in [-0.3, -0.25) is 0 Å². The van der Waals surface area contributed by atoms with E-state index in [0.29, 0.717) is 0 Å². The molecule has 0 heterocycles. The summed E-state index contributed by atoms with van der Waals surface area (Å²) in [7, 11) is -3.58. The molecule has 2 N–H and O–H groups in total. The van der Waals surface area contributed by atoms with Gasteiger partial charge in [0.05, 0.1) is 4.90 Å². The molecule has 1 rings (SSSR count). The van der Waals surface area contributed by atoms with Gasteiger partial charge in [0.25, 0.3) is 0 Å². The van der Waals surface area contributed by atoms with Crippen molar-refractivity contribution in [1.82, 2.24) is 0 Å². The van der Waals surface area contributed by atoms with E-state index in [1.54, 1.807) is 12.1 Å². The van der Waals surface area contributed by atoms with Crippen LogP contribution >= 0.6 is 0 Å². The lowest BCUT2D eigenvalue weighted by atomic mass is 10.1. The first-order chi connectivity index (χ1) is 9.04. The largest absolute Gasteiger partial charge is 0.238 e. The Bertz CT molecular complexity index is 495. The van der Waals surface area contributed by atoms with Crippen LogP contribution in [0.3, 0.4) is 0 Å². The zero-order chi connectivity index (χ0) is 14.1. The standard InChI is InChI=1S/C15H23NO2S/c1-2-3-4-5-6-7-8-10-14-11-9-12-15(13-14)19(16,17)18/h2,9,11-13H,1,3-8,10H2,(H2,16,17,18). The van der Waals surface area contributed by atoms with Crippen LogP contribution in [0.4, 0.5) is 0 Å². The number of rotatable bonds is 9. The third kappa shape index (κ3) is 6.55. The number of unbranched alkanes of at least 4 members (excludes halogenated alkanes) is 5. The fourth-order valence-electron chi connectivity index (χ4n) is 2.03. The third-order valence-electron chi connectivity index (χ3n) is 3.10. The minimum absolute atomic E-state index is 0.205. The van der Waals surface area contributed by atoms with Crippen molar-refractivity contribution in [1.29, 1.82) is 0 Å². The number of hydrogen-bond acceptors (Lipinski definition) is 2. The summed E-state index contributed by atoms with van der Waals surface area (Å²) in [5.74, 6) is 0. The number of primary sulfonamides is 1. The van der Waals surface area contributed by atoms with Crippen LogP contribution in [0.15, 0.2) is 41.8 Å². The Balaban J connectivity index is 2.32. The first-order valence-electron chi connectivity index (χ1n) is 6.76. The maximum absolute atomic E-state index is 11.2. The Hall–Kier alpha value is -1.13. The summed E-state index contributed by atoms with van der Waals surface area (Å²) in [6, 6.07) is 6.91. The summed E-state index contributed by atoms with van der Waals surface area (Å²) in [6.45, 7) is 3.70. The minimum Gasteiger partial charge on any atom is -0.225 e. The number of benzene rings is 1. The molecule has 0 amide bonds. The first-order valence-corrected chi connectivity index (χ1v) is 8.31. The van der Waals surface area contributed by atoms with Gasteiger partial charge in [-0.25, -0.2) is 13.6 Å². The van der Waals surface area contributed by atoms with Crippen molar-refractivity contribution in [3.63, 3.8) is 0 Å². The maximum atomic E-state index is 11.2. The Labute approximate surface area is 116 Å². The van der Waals surface area contributed by atoms with E-state index in [-0.39, 0.29) is 4.90 Å². The van der Waals surface area contributed by atoms with Crippen LogP contribution in [0.5, 0.6) is 0 Å². The molecule has 0 spiro atoms. The van der Waals surface area contributed by atoms with E-state index >= 15 is 0 Å². The summed E-state index contributed by atoms with van der Waals surface area (Å²) >= 11 is 0. The fraction of sp³-hybridized carbons (Fsp3) is 0.467. The molecule has 1 aromatic carbocycles. The molecule has 3 nitrogen and oxygen atoms in total. The number of nitrogens with two attached hydrogens (primary N) is 1. The van der Waals surface area contributed by atoms with Crippen LogP contribution in [-0.4, -0.2) is 8.42 Å². The number of sulfonamides is 1. The van der Waals surface area contributed by atoms with Crippen LogP contribution in [0.25, 0.3) is 0 Å². The van der Waals surface area contributed by atoms with Gasteiger partial charge in [-0.2, -0.15) is 0 Å². The monoisotopic (exact) mass is 281 g/mol. The van der Waals surface area contributed by atoms with Gasteiger partial charge in [-0.05, 0) is 43.4 Å². The lowest BCUT2D eigenvalue weighted by Crippen LogP contribution is -2.12. The van der Waals surface area contributed by atoms with Gasteiger partial charge in [0.15, 0.2) is 0 Å². The lowest BCUT2D eigenvalue weighted by molar-refractivity contribution is 0.597. The van der Waals surface area contributed by atoms with Crippen molar-refractivity contribution in [2.24, 2.45) is 5.14 Å². The normalized spacial score (nSPS) is 11.4. The Kier molecular flexibility index (Phi) is 6.81. The molecule has 0 saturated carbocycles. The maximum Gasteiger partial charge on any atom is 0.238 e. The molecular weight excluding hydrogens is 258 g/mol. The predicted molar refractivity (Wildman–Crippen MR) is 79.4 cm³/mol.